The number of aromatic hydroxyl groups is 1. The molecule has 3 aromatic carbocycles. The van der Waals surface area contributed by atoms with Gasteiger partial charge < -0.3 is 14.7 Å². The molecule has 12 heteroatoms. The fraction of sp³-hybridized carbons (Fsp3) is 0.438. The third-order valence-electron chi connectivity index (χ3n) is 10.1. The second-order valence-corrected chi connectivity index (χ2v) is 15.2. The first-order valence-electron chi connectivity index (χ1n) is 15.0. The summed E-state index contributed by atoms with van der Waals surface area (Å²) in [6.07, 6.45) is 2.22. The van der Waals surface area contributed by atoms with Crippen molar-refractivity contribution in [2.24, 2.45) is 0 Å². The first-order chi connectivity index (χ1) is 21.1. The molecule has 4 aliphatic rings. The van der Waals surface area contributed by atoms with Gasteiger partial charge in [0.05, 0.1) is 16.0 Å². The summed E-state index contributed by atoms with van der Waals surface area (Å²) in [6.45, 7) is 1.71. The van der Waals surface area contributed by atoms with Crippen molar-refractivity contribution in [3.05, 3.63) is 54.1 Å². The summed E-state index contributed by atoms with van der Waals surface area (Å²) in [5.74, 6) is -1.08. The van der Waals surface area contributed by atoms with Crippen molar-refractivity contribution in [3.8, 4) is 22.9 Å². The van der Waals surface area contributed by atoms with Gasteiger partial charge in [0, 0.05) is 42.4 Å². The van der Waals surface area contributed by atoms with Crippen LogP contribution in [0.1, 0.15) is 32.1 Å². The lowest BCUT2D eigenvalue weighted by atomic mass is 9.95. The number of phenols is 1. The van der Waals surface area contributed by atoms with Gasteiger partial charge in [0.15, 0.2) is 15.7 Å². The zero-order chi connectivity index (χ0) is 30.4. The topological polar surface area (TPSA) is 95.9 Å². The Hall–Kier alpha value is -3.64. The summed E-state index contributed by atoms with van der Waals surface area (Å²) in [4.78, 5) is 13.2. The number of phenolic OH excluding ortho intramolecular Hbond substituents is 1. The van der Waals surface area contributed by atoms with E-state index < -0.39 is 43.7 Å². The molecule has 0 spiro atoms. The van der Waals surface area contributed by atoms with Crippen LogP contribution in [0.5, 0.6) is 11.8 Å². The molecule has 5 heterocycles. The van der Waals surface area contributed by atoms with Gasteiger partial charge in [-0.2, -0.15) is 9.97 Å². The van der Waals surface area contributed by atoms with Crippen LogP contribution in [0.4, 0.5) is 19.0 Å². The summed E-state index contributed by atoms with van der Waals surface area (Å²) in [7, 11) is -3.24. The highest BCUT2D eigenvalue weighted by atomic mass is 32.2. The van der Waals surface area contributed by atoms with E-state index in [0.29, 0.717) is 42.4 Å². The predicted octanol–water partition coefficient (Wildman–Crippen LogP) is 5.15. The molecular weight excluding hydrogens is 593 g/mol. The van der Waals surface area contributed by atoms with E-state index in [9.17, 15) is 17.9 Å². The maximum atomic E-state index is 16.6. The lowest BCUT2D eigenvalue weighted by Gasteiger charge is -2.34. The SMILES string of the molecule is O=S1(=O)[C@@H]2CC[C@H]1CN(c1nc(OC[C@@]34CCCN3C[C@H](F)C4)nc3c(F)c(-c4cc(O)cc5cccc(F)c45)ccc13)C2. The number of fused-ring (bicyclic) bond motifs is 5. The second kappa shape index (κ2) is 9.93. The molecule has 0 saturated carbocycles. The van der Waals surface area contributed by atoms with Gasteiger partial charge in [-0.25, -0.2) is 21.6 Å². The van der Waals surface area contributed by atoms with E-state index in [1.165, 1.54) is 30.3 Å². The van der Waals surface area contributed by atoms with Crippen molar-refractivity contribution in [1.82, 2.24) is 14.9 Å². The molecule has 4 fully saturated rings. The first kappa shape index (κ1) is 27.9. The molecule has 4 saturated heterocycles. The van der Waals surface area contributed by atoms with Gasteiger partial charge in [-0.1, -0.05) is 18.2 Å². The number of ether oxygens (including phenoxy) is 1. The monoisotopic (exact) mass is 624 g/mol. The summed E-state index contributed by atoms with van der Waals surface area (Å²) < 4.78 is 78.0. The van der Waals surface area contributed by atoms with Crippen LogP contribution in [0.15, 0.2) is 42.5 Å². The number of alkyl halides is 1. The van der Waals surface area contributed by atoms with Gasteiger partial charge in [0.25, 0.3) is 0 Å². The van der Waals surface area contributed by atoms with Gasteiger partial charge in [0.2, 0.25) is 0 Å². The highest BCUT2D eigenvalue weighted by Crippen LogP contribution is 2.43. The van der Waals surface area contributed by atoms with E-state index in [1.54, 1.807) is 12.1 Å². The van der Waals surface area contributed by atoms with Crippen molar-refractivity contribution in [2.75, 3.05) is 37.7 Å². The number of hydrogen-bond acceptors (Lipinski definition) is 8. The third-order valence-corrected chi connectivity index (χ3v) is 12.7. The maximum absolute atomic E-state index is 16.6. The maximum Gasteiger partial charge on any atom is 0.319 e. The minimum absolute atomic E-state index is 0.0389. The van der Waals surface area contributed by atoms with Gasteiger partial charge in [0.1, 0.15) is 35.7 Å². The summed E-state index contributed by atoms with van der Waals surface area (Å²) >= 11 is 0. The Morgan fingerprint density at radius 1 is 1.02 bits per heavy atom. The number of halogens is 3. The number of nitrogens with zero attached hydrogens (tertiary/aromatic N) is 4. The molecule has 8 nitrogen and oxygen atoms in total. The van der Waals surface area contributed by atoms with E-state index in [1.807, 2.05) is 4.90 Å². The average Bonchev–Trinajstić information content (AvgIpc) is 3.52. The quantitative estimate of drug-likeness (QED) is 0.326. The van der Waals surface area contributed by atoms with Gasteiger partial charge >= 0.3 is 6.01 Å². The van der Waals surface area contributed by atoms with Crippen molar-refractivity contribution in [1.29, 1.82) is 0 Å². The van der Waals surface area contributed by atoms with Crippen LogP contribution in [-0.2, 0) is 9.84 Å². The molecule has 2 bridgehead atoms. The second-order valence-electron chi connectivity index (χ2n) is 12.7. The summed E-state index contributed by atoms with van der Waals surface area (Å²) in [5.41, 5.74) is -0.333. The van der Waals surface area contributed by atoms with E-state index in [4.69, 9.17) is 9.72 Å². The molecule has 4 aromatic rings. The minimum Gasteiger partial charge on any atom is -0.508 e. The Balaban J connectivity index is 1.26. The molecule has 230 valence electrons. The molecular formula is C32H31F3N4O4S. The molecule has 0 unspecified atom stereocenters. The molecule has 0 aliphatic carbocycles. The van der Waals surface area contributed by atoms with E-state index >= 15 is 8.78 Å². The number of anilines is 1. The Bertz CT molecular complexity index is 1920. The molecule has 1 N–H and O–H groups in total. The Morgan fingerprint density at radius 3 is 2.61 bits per heavy atom. The van der Waals surface area contributed by atoms with Crippen LogP contribution in [0.3, 0.4) is 0 Å². The Morgan fingerprint density at radius 2 is 1.82 bits per heavy atom. The van der Waals surface area contributed by atoms with Crippen LogP contribution >= 0.6 is 0 Å². The van der Waals surface area contributed by atoms with Crippen LogP contribution in [0.2, 0.25) is 0 Å². The number of hydrogen-bond donors (Lipinski definition) is 1. The third kappa shape index (κ3) is 4.24. The molecule has 8 rings (SSSR count). The molecule has 0 radical (unpaired) electrons. The lowest BCUT2D eigenvalue weighted by molar-refractivity contribution is 0.107. The highest BCUT2D eigenvalue weighted by molar-refractivity contribution is 7.93. The number of aromatic nitrogens is 2. The van der Waals surface area contributed by atoms with E-state index in [2.05, 4.69) is 9.88 Å². The largest absolute Gasteiger partial charge is 0.508 e. The molecule has 4 aliphatic heterocycles. The van der Waals surface area contributed by atoms with Crippen molar-refractivity contribution in [3.63, 3.8) is 0 Å². The van der Waals surface area contributed by atoms with Crippen LogP contribution in [0.25, 0.3) is 32.8 Å². The van der Waals surface area contributed by atoms with E-state index in [-0.39, 0.29) is 53.5 Å². The number of sulfone groups is 1. The Labute approximate surface area is 252 Å². The predicted molar refractivity (Wildman–Crippen MR) is 161 cm³/mol. The zero-order valence-corrected chi connectivity index (χ0v) is 24.7. The van der Waals surface area contributed by atoms with Crippen molar-refractivity contribution >= 4 is 37.3 Å². The van der Waals surface area contributed by atoms with Crippen LogP contribution < -0.4 is 9.64 Å². The van der Waals surface area contributed by atoms with Crippen molar-refractivity contribution < 1.29 is 31.4 Å². The standard InChI is InChI=1S/C32H31F3N4O4S/c33-19-13-32(9-2-10-39(32)14-19)17-43-31-36-29-24(30(37-31)38-15-21-5-6-22(16-38)44(21,41)42)8-7-23(28(29)35)25-12-20(40)11-18-3-1-4-26(34)27(18)25/h1,3-4,7-8,11-12,19,21-22,40H,2,5-6,9-10,13-17H2/t19-,21-,22+,32+/m1/s1. The average molecular weight is 625 g/mol. The fourth-order valence-corrected chi connectivity index (χ4v) is 10.2. The summed E-state index contributed by atoms with van der Waals surface area (Å²) in [6, 6.07) is 10.3. The number of rotatable bonds is 5. The zero-order valence-electron chi connectivity index (χ0n) is 23.8. The fourth-order valence-electron chi connectivity index (χ4n) is 7.97. The van der Waals surface area contributed by atoms with Gasteiger partial charge in [-0.3, -0.25) is 4.90 Å². The normalized spacial score (nSPS) is 27.8. The summed E-state index contributed by atoms with van der Waals surface area (Å²) in [5, 5.41) is 10.3. The Kier molecular flexibility index (Phi) is 6.29. The van der Waals surface area contributed by atoms with Gasteiger partial charge in [-0.15, -0.1) is 0 Å². The minimum atomic E-state index is -3.24. The van der Waals surface area contributed by atoms with Crippen LogP contribution in [-0.4, -0.2) is 83.4 Å². The molecule has 1 aromatic heterocycles. The van der Waals surface area contributed by atoms with Gasteiger partial charge in [-0.05, 0) is 67.4 Å². The molecule has 0 amide bonds. The van der Waals surface area contributed by atoms with Crippen molar-refractivity contribution in [2.45, 2.75) is 54.3 Å². The number of benzene rings is 3. The lowest BCUT2D eigenvalue weighted by Crippen LogP contribution is -2.47. The first-order valence-corrected chi connectivity index (χ1v) is 16.7. The van der Waals surface area contributed by atoms with E-state index in [0.717, 1.165) is 19.4 Å². The molecule has 4 atom stereocenters. The highest BCUT2D eigenvalue weighted by Gasteiger charge is 2.50. The smallest absolute Gasteiger partial charge is 0.319 e. The van der Waals surface area contributed by atoms with Crippen LogP contribution in [0, 0.1) is 11.6 Å². The molecule has 44 heavy (non-hydrogen) atoms.